The summed E-state index contributed by atoms with van der Waals surface area (Å²) >= 11 is 0. The summed E-state index contributed by atoms with van der Waals surface area (Å²) < 4.78 is 11.4. The van der Waals surface area contributed by atoms with Crippen LogP contribution in [0.15, 0.2) is 30.3 Å². The minimum absolute atomic E-state index is 0. The molecule has 0 amide bonds. The Morgan fingerprint density at radius 2 is 0.435 bits per heavy atom. The molecular formula is C20H47O19PV6. The average molecular weight is 928 g/mol. The van der Waals surface area contributed by atoms with Crippen LogP contribution < -0.4 is 66.6 Å². The van der Waals surface area contributed by atoms with Gasteiger partial charge in [0.15, 0.2) is 0 Å². The predicted molar refractivity (Wildman–Crippen MR) is 121 cm³/mol. The molecule has 0 spiro atoms. The molecule has 0 fully saturated rings. The van der Waals surface area contributed by atoms with Crippen molar-refractivity contribution in [1.82, 2.24) is 0 Å². The SMILES string of the molecule is CP(C)(=O)c1ccccc1.C[O-].C[O-].C[O-].C[O-].C[O-].C[O-].C[O-].C[O-].C[O-].C[O-].C[O-].C[O-].[O-2].[O-2].[O-2].[O-2].[O-2].[O-2].[V+4].[V+4].[V+4].[V+4].[V+4].[V+4]. The molecule has 0 aliphatic heterocycles. The zero-order valence-electron chi connectivity index (χ0n) is 28.3. The minimum atomic E-state index is -2.02. The van der Waals surface area contributed by atoms with Crippen molar-refractivity contribution in [3.8, 4) is 0 Å². The van der Waals surface area contributed by atoms with E-state index in [4.69, 9.17) is 61.3 Å². The van der Waals surface area contributed by atoms with E-state index in [-0.39, 0.29) is 144 Å². The molecule has 19 nitrogen and oxygen atoms in total. The van der Waals surface area contributed by atoms with Crippen LogP contribution in [0, 0.1) is 0 Å². The number of hydrogen-bond acceptors (Lipinski definition) is 13. The molecule has 0 heterocycles. The molecule has 0 saturated carbocycles. The van der Waals surface area contributed by atoms with Gasteiger partial charge in [-0.2, -0.15) is 85.3 Å². The summed E-state index contributed by atoms with van der Waals surface area (Å²) in [6.07, 6.45) is 0. The van der Waals surface area contributed by atoms with E-state index in [0.717, 1.165) is 90.6 Å². The summed E-state index contributed by atoms with van der Waals surface area (Å²) in [6, 6.07) is 9.56. The van der Waals surface area contributed by atoms with Gasteiger partial charge in [0.25, 0.3) is 0 Å². The summed E-state index contributed by atoms with van der Waals surface area (Å²) in [6.45, 7) is 3.56. The van der Waals surface area contributed by atoms with E-state index in [9.17, 15) is 4.57 Å². The van der Waals surface area contributed by atoms with E-state index in [0.29, 0.717) is 0 Å². The third-order valence-corrected chi connectivity index (χ3v) is 2.92. The number of hydrogen-bond donors (Lipinski definition) is 0. The van der Waals surface area contributed by atoms with E-state index >= 15 is 0 Å². The Kier molecular flexibility index (Phi) is 1530. The second-order valence-electron chi connectivity index (χ2n) is 2.69. The third-order valence-electron chi connectivity index (χ3n) is 1.38. The zero-order chi connectivity index (χ0) is 31.6. The van der Waals surface area contributed by atoms with Crippen molar-refractivity contribution in [2.45, 2.75) is 0 Å². The monoisotopic (exact) mass is 928 g/mol. The van der Waals surface area contributed by atoms with E-state index in [1.54, 1.807) is 13.3 Å². The largest absolute Gasteiger partial charge is 4.00 e. The summed E-state index contributed by atoms with van der Waals surface area (Å²) in [7, 11) is 6.98. The van der Waals surface area contributed by atoms with Crippen LogP contribution in [-0.4, -0.2) is 98.6 Å². The Morgan fingerprint density at radius 1 is 0.326 bits per heavy atom. The van der Waals surface area contributed by atoms with Crippen LogP contribution in [0.25, 0.3) is 0 Å². The second-order valence-corrected chi connectivity index (χ2v) is 5.90. The van der Waals surface area contributed by atoms with Gasteiger partial charge in [-0.05, 0) is 13.3 Å². The fourth-order valence-electron chi connectivity index (χ4n) is 0.787. The Balaban J connectivity index is -0.00000000551. The summed E-state index contributed by atoms with van der Waals surface area (Å²) in [5.41, 5.74) is 0. The van der Waals surface area contributed by atoms with Crippen LogP contribution in [0.4, 0.5) is 0 Å². The molecule has 6 radical (unpaired) electrons. The maximum atomic E-state index is 11.4. The molecule has 0 bridgehead atoms. The van der Waals surface area contributed by atoms with Gasteiger partial charge >= 0.3 is 111 Å². The normalized spacial score (nSPS) is 4.04. The Morgan fingerprint density at radius 3 is 0.500 bits per heavy atom. The molecule has 26 heteroatoms. The minimum Gasteiger partial charge on any atom is -2.00 e. The van der Waals surface area contributed by atoms with Gasteiger partial charge in [0, 0.05) is 5.30 Å². The topological polar surface area (TPSA) is 465 Å². The van der Waals surface area contributed by atoms with Crippen molar-refractivity contribution < 1.29 is 210 Å². The molecule has 0 aliphatic rings. The van der Waals surface area contributed by atoms with Gasteiger partial charge in [-0.1, -0.05) is 30.3 Å². The van der Waals surface area contributed by atoms with E-state index in [1.165, 1.54) is 0 Å². The summed E-state index contributed by atoms with van der Waals surface area (Å²) in [4.78, 5) is 0. The summed E-state index contributed by atoms with van der Waals surface area (Å²) in [5, 5.41) is 100.0. The molecule has 0 aliphatic carbocycles. The Labute approximate surface area is 348 Å². The molecule has 1 aromatic rings. The van der Waals surface area contributed by atoms with Gasteiger partial charge < -0.3 is 98.7 Å². The van der Waals surface area contributed by atoms with Gasteiger partial charge in [0.05, 0.1) is 0 Å². The predicted octanol–water partition coefficient (Wildman–Crippen LogP) is -11.1. The molecule has 0 atom stereocenters. The first-order valence-electron chi connectivity index (χ1n) is 8.11. The first kappa shape index (κ1) is 183. The average Bonchev–Trinajstić information content (AvgIpc) is 3.01. The van der Waals surface area contributed by atoms with Crippen LogP contribution in [-0.2, 0) is 149 Å². The molecule has 46 heavy (non-hydrogen) atoms. The van der Waals surface area contributed by atoms with Crippen molar-refractivity contribution in [2.24, 2.45) is 0 Å². The van der Waals surface area contributed by atoms with Gasteiger partial charge in [0.1, 0.15) is 7.14 Å². The van der Waals surface area contributed by atoms with Gasteiger partial charge in [-0.25, -0.2) is 0 Å². The third kappa shape index (κ3) is 359. The van der Waals surface area contributed by atoms with E-state index < -0.39 is 7.14 Å². The van der Waals surface area contributed by atoms with Crippen molar-refractivity contribution in [1.29, 1.82) is 0 Å². The molecular weight excluding hydrogens is 881 g/mol. The molecule has 0 aromatic heterocycles. The van der Waals surface area contributed by atoms with Gasteiger partial charge in [-0.15, -0.1) is 0 Å². The van der Waals surface area contributed by atoms with Gasteiger partial charge in [0.2, 0.25) is 0 Å². The fourth-order valence-corrected chi connectivity index (χ4v) is 1.68. The maximum Gasteiger partial charge on any atom is 4.00 e. The van der Waals surface area contributed by atoms with Gasteiger partial charge in [-0.3, -0.25) is 0 Å². The fraction of sp³-hybridized carbons (Fsp3) is 0.700. The Bertz CT molecular complexity index is 309. The van der Waals surface area contributed by atoms with Crippen LogP contribution in [0.5, 0.6) is 0 Å². The molecule has 276 valence electrons. The summed E-state index contributed by atoms with van der Waals surface area (Å²) in [5.74, 6) is 0. The number of rotatable bonds is 1. The maximum absolute atomic E-state index is 11.4. The van der Waals surface area contributed by atoms with Crippen LogP contribution in [0.2, 0.25) is 0 Å². The smallest absolute Gasteiger partial charge is 2.00 e. The first-order valence-corrected chi connectivity index (χ1v) is 10.7. The standard InChI is InChI=1S/C8H11OP.12CH3O.6O.6V/c1-10(2,9)8-6-4-3-5-7-8;12*1-2;;;;;;;;;;;;/h3-7H,1-2H3;12*1H3;;;;;;;;;;;;/q;12*-1;6*-2;6*+4. The molecule has 1 aromatic carbocycles. The van der Waals surface area contributed by atoms with Crippen molar-refractivity contribution >= 4 is 12.4 Å². The molecule has 0 N–H and O–H groups in total. The second kappa shape index (κ2) is 383. The van der Waals surface area contributed by atoms with Crippen molar-refractivity contribution in [2.75, 3.05) is 98.6 Å². The van der Waals surface area contributed by atoms with Crippen LogP contribution in [0.1, 0.15) is 0 Å². The molecule has 0 unspecified atom stereocenters. The molecule has 1 rings (SSSR count). The van der Waals surface area contributed by atoms with Crippen molar-refractivity contribution in [3.05, 3.63) is 30.3 Å². The van der Waals surface area contributed by atoms with Crippen molar-refractivity contribution in [3.63, 3.8) is 0 Å². The van der Waals surface area contributed by atoms with E-state index in [2.05, 4.69) is 0 Å². The quantitative estimate of drug-likeness (QED) is 0.237. The molecule has 0 saturated heterocycles. The first-order chi connectivity index (χ1) is 16.6. The van der Waals surface area contributed by atoms with E-state index in [1.807, 2.05) is 30.3 Å². The Hall–Kier alpha value is 2.24. The van der Waals surface area contributed by atoms with Crippen LogP contribution in [0.3, 0.4) is 0 Å². The zero-order valence-corrected chi connectivity index (χ0v) is 37.5. The van der Waals surface area contributed by atoms with Crippen LogP contribution >= 0.6 is 7.14 Å². The number of benzene rings is 1.